The van der Waals surface area contributed by atoms with Crippen LogP contribution in [0.2, 0.25) is 0 Å². The predicted octanol–water partition coefficient (Wildman–Crippen LogP) is 3.67. The standard InChI is InChI=1S/C26H21F4N3O6/c1-10-4-18-13(17(30)9-33(18)21(10)25(36)37)7-14-20(23(34)26(38)39)19-5-11(27)8-32(19)22(14)24(35)31-12-2-3-15(28)16(29)6-12/h2-4,6,11,13,17H,5,7-9H2,1H3,(H,31,35)(H,36,37)(H,38,39)/t11-,13+,17+/m1/s1. The maximum absolute atomic E-state index is 15.3. The minimum absolute atomic E-state index is 0.0495. The van der Waals surface area contributed by atoms with Gasteiger partial charge < -0.3 is 24.7 Å². The Bertz CT molecular complexity index is 1580. The highest BCUT2D eigenvalue weighted by Crippen LogP contribution is 2.41. The summed E-state index contributed by atoms with van der Waals surface area (Å²) in [6.45, 7) is 0.833. The number of amides is 1. The van der Waals surface area contributed by atoms with Crippen molar-refractivity contribution in [2.75, 3.05) is 5.32 Å². The highest BCUT2D eigenvalue weighted by Gasteiger charge is 2.42. The molecule has 2 aromatic heterocycles. The number of carbonyl (C=O) groups excluding carboxylic acids is 2. The van der Waals surface area contributed by atoms with E-state index in [0.29, 0.717) is 11.6 Å². The van der Waals surface area contributed by atoms with Gasteiger partial charge in [-0.05, 0) is 42.7 Å². The highest BCUT2D eigenvalue weighted by atomic mass is 19.2. The van der Waals surface area contributed by atoms with Crippen LogP contribution in [0.15, 0.2) is 24.3 Å². The zero-order chi connectivity index (χ0) is 28.3. The van der Waals surface area contributed by atoms with Crippen molar-refractivity contribution in [3.63, 3.8) is 0 Å². The van der Waals surface area contributed by atoms with Crippen molar-refractivity contribution in [2.45, 2.75) is 51.1 Å². The SMILES string of the molecule is Cc1cc2n(c1C(=O)O)C[C@H](F)[C@@H]2Cc1c(C(=O)C(=O)O)c2n(c1C(=O)Nc1ccc(F)c(F)c1)C[C@H](F)C2. The number of aromatic nitrogens is 2. The van der Waals surface area contributed by atoms with Gasteiger partial charge in [0.05, 0.1) is 18.7 Å². The second-order valence-electron chi connectivity index (χ2n) is 9.62. The van der Waals surface area contributed by atoms with Crippen LogP contribution in [0.5, 0.6) is 0 Å². The van der Waals surface area contributed by atoms with Crippen molar-refractivity contribution in [3.8, 4) is 0 Å². The van der Waals surface area contributed by atoms with Crippen LogP contribution in [0.1, 0.15) is 59.8 Å². The van der Waals surface area contributed by atoms with E-state index in [1.165, 1.54) is 17.6 Å². The summed E-state index contributed by atoms with van der Waals surface area (Å²) < 4.78 is 59.4. The lowest BCUT2D eigenvalue weighted by atomic mass is 9.89. The molecule has 0 spiro atoms. The Labute approximate surface area is 217 Å². The lowest BCUT2D eigenvalue weighted by Gasteiger charge is -2.16. The number of nitrogens with zero attached hydrogens (tertiary/aromatic N) is 2. The fourth-order valence-corrected chi connectivity index (χ4v) is 5.65. The molecule has 0 saturated carbocycles. The van der Waals surface area contributed by atoms with Gasteiger partial charge in [0.1, 0.15) is 23.7 Å². The van der Waals surface area contributed by atoms with Gasteiger partial charge in [-0.1, -0.05) is 0 Å². The normalized spacial score (nSPS) is 19.6. The van der Waals surface area contributed by atoms with Crippen molar-refractivity contribution < 1.29 is 47.0 Å². The molecular weight excluding hydrogens is 526 g/mol. The van der Waals surface area contributed by atoms with E-state index >= 15 is 4.39 Å². The lowest BCUT2D eigenvalue weighted by molar-refractivity contribution is -0.131. The summed E-state index contributed by atoms with van der Waals surface area (Å²) in [5.74, 6) is -9.00. The number of benzene rings is 1. The quantitative estimate of drug-likeness (QED) is 0.235. The predicted molar refractivity (Wildman–Crippen MR) is 127 cm³/mol. The van der Waals surface area contributed by atoms with Crippen LogP contribution in [0.3, 0.4) is 0 Å². The van der Waals surface area contributed by atoms with Gasteiger partial charge in [-0.15, -0.1) is 0 Å². The molecule has 13 heteroatoms. The maximum Gasteiger partial charge on any atom is 0.377 e. The fraction of sp³-hybridized carbons (Fsp3) is 0.308. The summed E-state index contributed by atoms with van der Waals surface area (Å²) in [7, 11) is 0. The van der Waals surface area contributed by atoms with Crippen LogP contribution in [0.4, 0.5) is 23.2 Å². The number of aryl methyl sites for hydroxylation is 1. The molecule has 4 heterocycles. The van der Waals surface area contributed by atoms with Crippen molar-refractivity contribution in [1.29, 1.82) is 0 Å². The Balaban J connectivity index is 1.64. The monoisotopic (exact) mass is 547 g/mol. The van der Waals surface area contributed by atoms with E-state index in [1.54, 1.807) is 0 Å². The number of nitrogens with one attached hydrogen (secondary N) is 1. The third-order valence-electron chi connectivity index (χ3n) is 7.20. The number of halogens is 4. The van der Waals surface area contributed by atoms with E-state index < -0.39 is 65.6 Å². The fourth-order valence-electron chi connectivity index (χ4n) is 5.65. The first-order valence-corrected chi connectivity index (χ1v) is 11.9. The molecule has 204 valence electrons. The average molecular weight is 547 g/mol. The van der Waals surface area contributed by atoms with Gasteiger partial charge >= 0.3 is 11.9 Å². The van der Waals surface area contributed by atoms with Gasteiger partial charge in [0.2, 0.25) is 0 Å². The summed E-state index contributed by atoms with van der Waals surface area (Å²) in [6.07, 6.45) is -3.93. The minimum Gasteiger partial charge on any atom is -0.477 e. The number of hydrogen-bond acceptors (Lipinski definition) is 4. The van der Waals surface area contributed by atoms with Gasteiger partial charge in [0.15, 0.2) is 11.6 Å². The van der Waals surface area contributed by atoms with E-state index in [0.717, 1.165) is 16.7 Å². The number of aliphatic carboxylic acids is 1. The molecule has 3 atom stereocenters. The molecule has 3 N–H and O–H groups in total. The largest absolute Gasteiger partial charge is 0.477 e. The summed E-state index contributed by atoms with van der Waals surface area (Å²) >= 11 is 0. The lowest BCUT2D eigenvalue weighted by Crippen LogP contribution is -2.23. The smallest absolute Gasteiger partial charge is 0.377 e. The second kappa shape index (κ2) is 9.40. The van der Waals surface area contributed by atoms with Gasteiger partial charge in [-0.3, -0.25) is 9.59 Å². The zero-order valence-electron chi connectivity index (χ0n) is 20.3. The third kappa shape index (κ3) is 4.27. The molecule has 5 rings (SSSR count). The number of carboxylic acids is 2. The number of anilines is 1. The average Bonchev–Trinajstić information content (AvgIpc) is 3.53. The van der Waals surface area contributed by atoms with Gasteiger partial charge in [0, 0.05) is 35.5 Å². The van der Waals surface area contributed by atoms with Crippen LogP contribution in [0, 0.1) is 18.6 Å². The molecule has 0 fully saturated rings. The summed E-state index contributed by atoms with van der Waals surface area (Å²) in [5, 5.41) is 21.4. The van der Waals surface area contributed by atoms with E-state index in [4.69, 9.17) is 0 Å². The van der Waals surface area contributed by atoms with Crippen molar-refractivity contribution in [3.05, 3.63) is 75.4 Å². The van der Waals surface area contributed by atoms with Gasteiger partial charge in [0.25, 0.3) is 11.7 Å². The molecule has 1 aromatic carbocycles. The first-order valence-electron chi connectivity index (χ1n) is 11.9. The summed E-state index contributed by atoms with van der Waals surface area (Å²) in [5.41, 5.74) is -0.584. The number of rotatable bonds is 7. The molecule has 0 aliphatic carbocycles. The maximum atomic E-state index is 15.3. The van der Waals surface area contributed by atoms with Crippen LogP contribution in [-0.4, -0.2) is 55.3 Å². The van der Waals surface area contributed by atoms with Gasteiger partial charge in [-0.25, -0.2) is 27.2 Å². The number of Topliss-reactive ketones (excluding diaryl/α,β-unsaturated/α-hetero) is 1. The van der Waals surface area contributed by atoms with Crippen LogP contribution in [0.25, 0.3) is 0 Å². The van der Waals surface area contributed by atoms with E-state index in [9.17, 15) is 42.6 Å². The van der Waals surface area contributed by atoms with Crippen molar-refractivity contribution in [2.24, 2.45) is 0 Å². The first kappa shape index (κ1) is 26.2. The molecule has 0 bridgehead atoms. The summed E-state index contributed by atoms with van der Waals surface area (Å²) in [6, 6.07) is 4.03. The third-order valence-corrected chi connectivity index (χ3v) is 7.20. The number of carbonyl (C=O) groups is 4. The molecule has 1 amide bonds. The van der Waals surface area contributed by atoms with Crippen LogP contribution in [-0.2, 0) is 30.7 Å². The number of aromatic carboxylic acids is 1. The number of alkyl halides is 2. The molecule has 2 aliphatic heterocycles. The van der Waals surface area contributed by atoms with Crippen LogP contribution >= 0.6 is 0 Å². The first-order chi connectivity index (χ1) is 18.4. The Kier molecular flexibility index (Phi) is 6.31. The second-order valence-corrected chi connectivity index (χ2v) is 9.62. The molecule has 0 radical (unpaired) electrons. The molecule has 39 heavy (non-hydrogen) atoms. The minimum atomic E-state index is -1.87. The number of hydrogen-bond donors (Lipinski definition) is 3. The number of carboxylic acid groups (broad SMARTS) is 2. The highest BCUT2D eigenvalue weighted by molar-refractivity contribution is 6.41. The molecular formula is C26H21F4N3O6. The number of fused-ring (bicyclic) bond motifs is 2. The van der Waals surface area contributed by atoms with Crippen LogP contribution < -0.4 is 5.32 Å². The number of ketones is 1. The van der Waals surface area contributed by atoms with Gasteiger partial charge in [-0.2, -0.15) is 0 Å². The Morgan fingerprint density at radius 1 is 1.00 bits per heavy atom. The molecule has 2 aliphatic rings. The molecule has 3 aromatic rings. The van der Waals surface area contributed by atoms with E-state index in [2.05, 4.69) is 5.32 Å². The van der Waals surface area contributed by atoms with E-state index in [-0.39, 0.29) is 53.4 Å². The summed E-state index contributed by atoms with van der Waals surface area (Å²) in [4.78, 5) is 49.7. The Hall–Kier alpha value is -4.42. The zero-order valence-corrected chi connectivity index (χ0v) is 20.3. The van der Waals surface area contributed by atoms with E-state index in [1.807, 2.05) is 0 Å². The van der Waals surface area contributed by atoms with Crippen molar-refractivity contribution >= 4 is 29.3 Å². The van der Waals surface area contributed by atoms with Crippen molar-refractivity contribution in [1.82, 2.24) is 9.13 Å². The molecule has 9 nitrogen and oxygen atoms in total. The molecule has 0 saturated heterocycles. The Morgan fingerprint density at radius 2 is 1.72 bits per heavy atom. The molecule has 0 unspecified atom stereocenters. The topological polar surface area (TPSA) is 131 Å². The Morgan fingerprint density at radius 3 is 2.36 bits per heavy atom.